The van der Waals surface area contributed by atoms with Crippen LogP contribution in [0.15, 0.2) is 110 Å². The molecule has 0 saturated heterocycles. The van der Waals surface area contributed by atoms with Gasteiger partial charge in [-0.2, -0.15) is 0 Å². The van der Waals surface area contributed by atoms with Gasteiger partial charge in [-0.3, -0.25) is 14.2 Å². The van der Waals surface area contributed by atoms with Crippen LogP contribution in [0.4, 0.5) is 5.69 Å². The molecule has 2 aromatic heterocycles. The summed E-state index contributed by atoms with van der Waals surface area (Å²) in [6, 6.07) is 25.3. The summed E-state index contributed by atoms with van der Waals surface area (Å²) in [6.45, 7) is 6.23. The lowest BCUT2D eigenvalue weighted by molar-refractivity contribution is -0.113. The van der Waals surface area contributed by atoms with Crippen LogP contribution in [0.1, 0.15) is 36.8 Å². The first-order chi connectivity index (χ1) is 20.8. The molecule has 1 amide bonds. The first-order valence-corrected chi connectivity index (χ1v) is 15.0. The molecule has 1 atom stereocenters. The number of hydrogen-bond donors (Lipinski definition) is 1. The summed E-state index contributed by atoms with van der Waals surface area (Å²) in [7, 11) is 0. The molecule has 0 spiro atoms. The smallest absolute Gasteiger partial charge is 0.271 e. The van der Waals surface area contributed by atoms with Crippen LogP contribution in [0.2, 0.25) is 5.02 Å². The van der Waals surface area contributed by atoms with Crippen molar-refractivity contribution < 1.29 is 13.9 Å². The Kier molecular flexibility index (Phi) is 7.88. The molecule has 0 unspecified atom stereocenters. The number of amides is 1. The van der Waals surface area contributed by atoms with Crippen molar-refractivity contribution in [3.63, 3.8) is 0 Å². The van der Waals surface area contributed by atoms with Gasteiger partial charge < -0.3 is 14.5 Å². The van der Waals surface area contributed by atoms with Gasteiger partial charge in [0.25, 0.3) is 11.5 Å². The fourth-order valence-electron chi connectivity index (χ4n) is 5.12. The molecule has 0 bridgehead atoms. The van der Waals surface area contributed by atoms with Crippen LogP contribution in [0.25, 0.3) is 17.4 Å². The van der Waals surface area contributed by atoms with Gasteiger partial charge in [0.1, 0.15) is 17.3 Å². The number of carbonyl (C=O) groups excluding carboxylic acids is 1. The summed E-state index contributed by atoms with van der Waals surface area (Å²) < 4.78 is 13.8. The molecule has 3 aromatic carbocycles. The van der Waals surface area contributed by atoms with E-state index in [1.54, 1.807) is 17.6 Å². The number of aryl methyl sites for hydroxylation is 1. The highest BCUT2D eigenvalue weighted by molar-refractivity contribution is 7.07. The number of nitrogens with one attached hydrogen (secondary N) is 1. The van der Waals surface area contributed by atoms with Crippen LogP contribution in [0.3, 0.4) is 0 Å². The van der Waals surface area contributed by atoms with E-state index >= 15 is 0 Å². The number of allylic oxidation sites excluding steroid dienone is 1. The Hall–Kier alpha value is -4.66. The Morgan fingerprint density at radius 3 is 2.58 bits per heavy atom. The first kappa shape index (κ1) is 28.5. The summed E-state index contributed by atoms with van der Waals surface area (Å²) in [4.78, 5) is 33.0. The van der Waals surface area contributed by atoms with Gasteiger partial charge in [0, 0.05) is 22.3 Å². The van der Waals surface area contributed by atoms with E-state index in [1.807, 2.05) is 98.8 Å². The second kappa shape index (κ2) is 11.9. The maximum atomic E-state index is 14.0. The van der Waals surface area contributed by atoms with E-state index in [4.69, 9.17) is 25.7 Å². The van der Waals surface area contributed by atoms with Gasteiger partial charge in [-0.1, -0.05) is 59.3 Å². The number of aromatic nitrogens is 1. The Balaban J connectivity index is 1.45. The minimum Gasteiger partial charge on any atom is -0.494 e. The van der Waals surface area contributed by atoms with E-state index in [0.29, 0.717) is 55.2 Å². The third kappa shape index (κ3) is 5.71. The first-order valence-electron chi connectivity index (χ1n) is 13.8. The highest BCUT2D eigenvalue weighted by Crippen LogP contribution is 2.32. The number of anilines is 1. The molecule has 0 saturated carbocycles. The summed E-state index contributed by atoms with van der Waals surface area (Å²) in [5.41, 5.74) is 3.99. The van der Waals surface area contributed by atoms with Crippen molar-refractivity contribution in [1.82, 2.24) is 4.57 Å². The fraction of sp³-hybridized carbons (Fsp3) is 0.147. The monoisotopic (exact) mass is 609 g/mol. The van der Waals surface area contributed by atoms with Gasteiger partial charge >= 0.3 is 0 Å². The van der Waals surface area contributed by atoms with Crippen LogP contribution in [-0.2, 0) is 4.79 Å². The molecule has 216 valence electrons. The summed E-state index contributed by atoms with van der Waals surface area (Å²) >= 11 is 7.48. The largest absolute Gasteiger partial charge is 0.494 e. The number of halogens is 1. The molecule has 0 radical (unpaired) electrons. The molecular weight excluding hydrogens is 582 g/mol. The average Bonchev–Trinajstić information content (AvgIpc) is 3.58. The zero-order valence-electron chi connectivity index (χ0n) is 23.8. The lowest BCUT2D eigenvalue weighted by Gasteiger charge is -2.25. The lowest BCUT2D eigenvalue weighted by Crippen LogP contribution is -2.40. The number of rotatable bonds is 7. The van der Waals surface area contributed by atoms with Crippen molar-refractivity contribution in [3.8, 4) is 17.1 Å². The minimum atomic E-state index is -0.695. The van der Waals surface area contributed by atoms with Gasteiger partial charge in [0.05, 0.1) is 28.5 Å². The molecule has 1 aliphatic rings. The SMILES string of the molecule is CCOc1ccc([C@H]2C(C(=O)Nc3ccccc3)=C(C)N=c3s/c(=C\c4ccc(-c5cc(Cl)ccc5C)o4)c(=O)n32)cc1. The third-order valence-corrected chi connectivity index (χ3v) is 8.39. The van der Waals surface area contributed by atoms with Gasteiger partial charge in [-0.15, -0.1) is 0 Å². The van der Waals surface area contributed by atoms with Gasteiger partial charge in [-0.25, -0.2) is 4.99 Å². The molecule has 7 nitrogen and oxygen atoms in total. The number of ether oxygens (including phenoxy) is 1. The number of para-hydroxylation sites is 1. The Morgan fingerprint density at radius 1 is 1.07 bits per heavy atom. The van der Waals surface area contributed by atoms with Gasteiger partial charge in [0.15, 0.2) is 4.80 Å². The number of hydrogen-bond acceptors (Lipinski definition) is 6. The molecular formula is C34H28ClN3O4S. The van der Waals surface area contributed by atoms with E-state index in [2.05, 4.69) is 5.32 Å². The van der Waals surface area contributed by atoms with Crippen molar-refractivity contribution in [3.05, 3.63) is 138 Å². The van der Waals surface area contributed by atoms with Gasteiger partial charge in [-0.05, 0) is 80.4 Å². The molecule has 1 N–H and O–H groups in total. The van der Waals surface area contributed by atoms with Crippen LogP contribution in [0, 0.1) is 6.92 Å². The summed E-state index contributed by atoms with van der Waals surface area (Å²) in [5, 5.41) is 3.59. The predicted molar refractivity (Wildman–Crippen MR) is 170 cm³/mol. The molecule has 1 aliphatic heterocycles. The van der Waals surface area contributed by atoms with Crippen molar-refractivity contribution >= 4 is 40.6 Å². The Morgan fingerprint density at radius 2 is 1.84 bits per heavy atom. The maximum Gasteiger partial charge on any atom is 0.271 e. The van der Waals surface area contributed by atoms with E-state index < -0.39 is 6.04 Å². The second-order valence-corrected chi connectivity index (χ2v) is 11.5. The van der Waals surface area contributed by atoms with Crippen molar-refractivity contribution in [1.29, 1.82) is 0 Å². The highest BCUT2D eigenvalue weighted by atomic mass is 35.5. The third-order valence-electron chi connectivity index (χ3n) is 7.17. The number of carbonyl (C=O) groups is 1. The topological polar surface area (TPSA) is 85.8 Å². The van der Waals surface area contributed by atoms with Crippen molar-refractivity contribution in [2.75, 3.05) is 11.9 Å². The van der Waals surface area contributed by atoms with E-state index in [9.17, 15) is 9.59 Å². The molecule has 0 aliphatic carbocycles. The van der Waals surface area contributed by atoms with Crippen LogP contribution >= 0.6 is 22.9 Å². The van der Waals surface area contributed by atoms with Crippen molar-refractivity contribution in [2.45, 2.75) is 26.8 Å². The minimum absolute atomic E-state index is 0.267. The normalized spacial score (nSPS) is 14.8. The van der Waals surface area contributed by atoms with Crippen LogP contribution < -0.4 is 24.9 Å². The Bertz CT molecular complexity index is 2040. The number of benzene rings is 3. The molecule has 3 heterocycles. The number of furan rings is 1. The zero-order valence-corrected chi connectivity index (χ0v) is 25.3. The molecule has 43 heavy (non-hydrogen) atoms. The second-order valence-electron chi connectivity index (χ2n) is 10.1. The van der Waals surface area contributed by atoms with Gasteiger partial charge in [0.2, 0.25) is 0 Å². The Labute approximate surface area is 257 Å². The van der Waals surface area contributed by atoms with Crippen LogP contribution in [-0.4, -0.2) is 17.1 Å². The molecule has 9 heteroatoms. The average molecular weight is 610 g/mol. The number of thiazole rings is 1. The summed E-state index contributed by atoms with van der Waals surface area (Å²) in [6.07, 6.45) is 1.71. The standard InChI is InChI=1S/C34H28ClN3O4S/c1-4-41-25-14-11-22(12-15-25)31-30(32(39)37-24-8-6-5-7-9-24)21(3)36-34-38(31)33(40)29(43-34)19-26-16-17-28(42-26)27-18-23(35)13-10-20(27)2/h5-19,31H,4H2,1-3H3,(H,37,39)/b29-19-/t31-/m0/s1. The van der Waals surface area contributed by atoms with Crippen molar-refractivity contribution in [2.24, 2.45) is 4.99 Å². The fourth-order valence-corrected chi connectivity index (χ4v) is 6.32. The van der Waals surface area contributed by atoms with E-state index in [1.165, 1.54) is 11.3 Å². The predicted octanol–water partition coefficient (Wildman–Crippen LogP) is 6.49. The molecule has 5 aromatic rings. The quantitative estimate of drug-likeness (QED) is 0.228. The molecule has 6 rings (SSSR count). The van der Waals surface area contributed by atoms with E-state index in [0.717, 1.165) is 16.7 Å². The summed E-state index contributed by atoms with van der Waals surface area (Å²) in [5.74, 6) is 1.56. The molecule has 0 fully saturated rings. The highest BCUT2D eigenvalue weighted by Gasteiger charge is 2.32. The maximum absolute atomic E-state index is 14.0. The number of fused-ring (bicyclic) bond motifs is 1. The van der Waals surface area contributed by atoms with Crippen LogP contribution in [0.5, 0.6) is 5.75 Å². The van der Waals surface area contributed by atoms with E-state index in [-0.39, 0.29) is 11.5 Å². The number of nitrogens with zero attached hydrogens (tertiary/aromatic N) is 2. The zero-order chi connectivity index (χ0) is 30.1. The lowest BCUT2D eigenvalue weighted by atomic mass is 9.95.